The monoisotopic (exact) mass is 550 g/mol. The summed E-state index contributed by atoms with van der Waals surface area (Å²) in [5, 5.41) is 7.18. The number of nitrogens with two attached hydrogens (primary N) is 1. The molecule has 1 saturated heterocycles. The van der Waals surface area contributed by atoms with Gasteiger partial charge in [0.15, 0.2) is 11.6 Å². The average molecular weight is 551 g/mol. The van der Waals surface area contributed by atoms with Crippen molar-refractivity contribution in [3.8, 4) is 11.4 Å². The van der Waals surface area contributed by atoms with Crippen molar-refractivity contribution >= 4 is 55.1 Å². The molecule has 38 heavy (non-hydrogen) atoms. The molecule has 1 fully saturated rings. The molecule has 0 unspecified atom stereocenters. The maximum Gasteiger partial charge on any atom is 0.169 e. The molecule has 0 saturated carbocycles. The molecule has 3 N–H and O–H groups in total. The Morgan fingerprint density at radius 3 is 2.63 bits per heavy atom. The lowest BCUT2D eigenvalue weighted by atomic mass is 9.92. The second-order valence-corrected chi connectivity index (χ2v) is 13.2. The molecular formula is C27H30N6O3S2. The van der Waals surface area contributed by atoms with Gasteiger partial charge in [0.05, 0.1) is 16.8 Å². The van der Waals surface area contributed by atoms with Crippen molar-refractivity contribution in [2.24, 2.45) is 11.7 Å². The van der Waals surface area contributed by atoms with Crippen molar-refractivity contribution in [3.05, 3.63) is 58.5 Å². The van der Waals surface area contributed by atoms with E-state index in [9.17, 15) is 13.2 Å². The minimum atomic E-state index is -3.09. The average Bonchev–Trinajstić information content (AvgIpc) is 3.36. The molecule has 0 spiro atoms. The molecule has 1 aromatic carbocycles. The highest BCUT2D eigenvalue weighted by molar-refractivity contribution is 7.90. The second-order valence-electron chi connectivity index (χ2n) is 10.1. The van der Waals surface area contributed by atoms with Crippen LogP contribution in [-0.4, -0.2) is 53.9 Å². The molecule has 0 bridgehead atoms. The summed E-state index contributed by atoms with van der Waals surface area (Å²) in [6.45, 7) is 6.42. The zero-order valence-electron chi connectivity index (χ0n) is 21.7. The molecule has 1 aliphatic heterocycles. The normalized spacial score (nSPS) is 17.6. The molecule has 4 heterocycles. The Kier molecular flexibility index (Phi) is 6.93. The van der Waals surface area contributed by atoms with Gasteiger partial charge in [-0.2, -0.15) is 0 Å². The third kappa shape index (κ3) is 5.27. The van der Waals surface area contributed by atoms with Crippen LogP contribution in [0.3, 0.4) is 0 Å². The minimum Gasteiger partial charge on any atom is -0.355 e. The van der Waals surface area contributed by atoms with E-state index in [-0.39, 0.29) is 29.5 Å². The zero-order chi connectivity index (χ0) is 27.2. The Bertz CT molecular complexity index is 1630. The number of Topliss-reactive ketones (excluding diaryl/α,β-unsaturated/α-hetero) is 1. The van der Waals surface area contributed by atoms with Crippen LogP contribution < -0.4 is 16.0 Å². The van der Waals surface area contributed by atoms with E-state index in [1.807, 2.05) is 22.5 Å². The van der Waals surface area contributed by atoms with Gasteiger partial charge in [0, 0.05) is 53.1 Å². The molecule has 9 nitrogen and oxygen atoms in total. The van der Waals surface area contributed by atoms with Crippen molar-refractivity contribution in [2.75, 3.05) is 28.8 Å². The first-order valence-electron chi connectivity index (χ1n) is 12.3. The summed E-state index contributed by atoms with van der Waals surface area (Å²) >= 11 is 1.38. The van der Waals surface area contributed by atoms with E-state index in [1.165, 1.54) is 23.2 Å². The number of nitrogens with one attached hydrogen (secondary N) is 1. The number of thiophene rings is 1. The maximum absolute atomic E-state index is 11.8. The fourth-order valence-corrected chi connectivity index (χ4v) is 6.67. The molecule has 3 aromatic heterocycles. The number of carbonyl (C=O) groups excluding carboxylic acids is 1. The van der Waals surface area contributed by atoms with Crippen LogP contribution in [-0.2, 0) is 9.84 Å². The van der Waals surface area contributed by atoms with Gasteiger partial charge in [-0.1, -0.05) is 19.9 Å². The molecule has 2 atom stereocenters. The van der Waals surface area contributed by atoms with Crippen molar-refractivity contribution < 1.29 is 13.2 Å². The van der Waals surface area contributed by atoms with Crippen molar-refractivity contribution in [3.63, 3.8) is 0 Å². The van der Waals surface area contributed by atoms with Crippen LogP contribution in [0, 0.1) is 5.92 Å². The molecule has 0 radical (unpaired) electrons. The van der Waals surface area contributed by atoms with Crippen LogP contribution in [0.1, 0.15) is 41.9 Å². The first-order valence-corrected chi connectivity index (χ1v) is 15.3. The largest absolute Gasteiger partial charge is 0.355 e. The number of ketones is 1. The van der Waals surface area contributed by atoms with E-state index in [2.05, 4.69) is 46.2 Å². The van der Waals surface area contributed by atoms with Crippen LogP contribution in [0.5, 0.6) is 0 Å². The maximum atomic E-state index is 11.8. The number of hydrogen-bond donors (Lipinski definition) is 2. The number of pyridine rings is 1. The number of hydrogen-bond acceptors (Lipinski definition) is 10. The second kappa shape index (κ2) is 10.0. The Balaban J connectivity index is 1.45. The summed E-state index contributed by atoms with van der Waals surface area (Å²) in [5.74, 6) is 2.04. The number of fused-ring (bicyclic) bond motifs is 1. The van der Waals surface area contributed by atoms with Crippen LogP contribution in [0.4, 0.5) is 17.3 Å². The predicted octanol–water partition coefficient (Wildman–Crippen LogP) is 4.59. The molecule has 5 rings (SSSR count). The van der Waals surface area contributed by atoms with Crippen LogP contribution in [0.15, 0.2) is 48.1 Å². The fraction of sp³-hybridized carbons (Fsp3) is 0.333. The highest BCUT2D eigenvalue weighted by atomic mass is 32.2. The van der Waals surface area contributed by atoms with E-state index in [4.69, 9.17) is 5.73 Å². The Morgan fingerprint density at radius 1 is 1.18 bits per heavy atom. The summed E-state index contributed by atoms with van der Waals surface area (Å²) < 4.78 is 23.5. The first-order chi connectivity index (χ1) is 18.0. The van der Waals surface area contributed by atoms with Crippen molar-refractivity contribution in [1.29, 1.82) is 0 Å². The van der Waals surface area contributed by atoms with E-state index >= 15 is 0 Å². The fourth-order valence-electron chi connectivity index (χ4n) is 4.80. The standard InChI is InChI=1S/C27H30N6O3S2/c1-15(2)19-5-6-22(33-12-18(26(33)28)14-38(4,35)36)21-11-30-25(10-20(19)21)31-24-7-8-29-27(32-24)17-9-23(16(3)34)37-13-17/h5-11,13,15,18,26H,12,14,28H2,1-4H3,(H,29,30,31,32)/t18-,26+/m1/s1. The highest BCUT2D eigenvalue weighted by Gasteiger charge is 2.39. The Morgan fingerprint density at radius 2 is 1.97 bits per heavy atom. The topological polar surface area (TPSA) is 131 Å². The number of nitrogens with zero attached hydrogens (tertiary/aromatic N) is 4. The smallest absolute Gasteiger partial charge is 0.169 e. The third-order valence-corrected chi connectivity index (χ3v) is 8.82. The van der Waals surface area contributed by atoms with E-state index < -0.39 is 9.84 Å². The van der Waals surface area contributed by atoms with Gasteiger partial charge in [-0.3, -0.25) is 4.79 Å². The van der Waals surface area contributed by atoms with Gasteiger partial charge >= 0.3 is 0 Å². The number of carbonyl (C=O) groups is 1. The van der Waals surface area contributed by atoms with Gasteiger partial charge in [-0.15, -0.1) is 11.3 Å². The van der Waals surface area contributed by atoms with E-state index in [0.717, 1.165) is 22.0 Å². The van der Waals surface area contributed by atoms with Crippen molar-refractivity contribution in [2.45, 2.75) is 32.9 Å². The van der Waals surface area contributed by atoms with Gasteiger partial charge in [-0.25, -0.2) is 23.4 Å². The van der Waals surface area contributed by atoms with E-state index in [1.54, 1.807) is 25.3 Å². The Labute approximate surface area is 226 Å². The molecule has 198 valence electrons. The molecule has 11 heteroatoms. The summed E-state index contributed by atoms with van der Waals surface area (Å²) in [4.78, 5) is 28.0. The summed E-state index contributed by atoms with van der Waals surface area (Å²) in [6.07, 6.45) is 4.39. The molecule has 0 amide bonds. The lowest BCUT2D eigenvalue weighted by molar-refractivity contribution is 0.102. The van der Waals surface area contributed by atoms with Crippen LogP contribution in [0.2, 0.25) is 0 Å². The van der Waals surface area contributed by atoms with Crippen molar-refractivity contribution in [1.82, 2.24) is 15.0 Å². The molecular weight excluding hydrogens is 520 g/mol. The number of sulfone groups is 1. The number of benzene rings is 1. The quantitative estimate of drug-likeness (QED) is 0.302. The van der Waals surface area contributed by atoms with Gasteiger partial charge in [0.2, 0.25) is 0 Å². The van der Waals surface area contributed by atoms with E-state index in [0.29, 0.717) is 28.9 Å². The first kappa shape index (κ1) is 26.2. The summed E-state index contributed by atoms with van der Waals surface area (Å²) in [5.41, 5.74) is 9.32. The lowest BCUT2D eigenvalue weighted by Crippen LogP contribution is -2.63. The molecule has 0 aliphatic carbocycles. The number of rotatable bonds is 8. The summed E-state index contributed by atoms with van der Waals surface area (Å²) in [7, 11) is -3.09. The Hall–Kier alpha value is -3.41. The van der Waals surface area contributed by atoms with Gasteiger partial charge in [-0.05, 0) is 48.1 Å². The van der Waals surface area contributed by atoms with Crippen LogP contribution >= 0.6 is 11.3 Å². The third-order valence-electron chi connectivity index (χ3n) is 6.75. The number of anilines is 3. The lowest BCUT2D eigenvalue weighted by Gasteiger charge is -2.47. The summed E-state index contributed by atoms with van der Waals surface area (Å²) in [6, 6.07) is 9.74. The predicted molar refractivity (Wildman–Crippen MR) is 153 cm³/mol. The van der Waals surface area contributed by atoms with Gasteiger partial charge in [0.1, 0.15) is 21.5 Å². The minimum absolute atomic E-state index is 0.0151. The number of aromatic nitrogens is 3. The SMILES string of the molecule is CC(=O)c1cc(-c2nccc(Nc3cc4c(C(C)C)ccc(N5C[C@H](CS(C)(=O)=O)[C@H]5N)c4cn3)n2)cs1. The molecule has 1 aliphatic rings. The van der Waals surface area contributed by atoms with Gasteiger partial charge < -0.3 is 16.0 Å². The van der Waals surface area contributed by atoms with Crippen LogP contribution in [0.25, 0.3) is 22.2 Å². The molecule has 4 aromatic rings. The highest BCUT2D eigenvalue weighted by Crippen LogP contribution is 2.38. The zero-order valence-corrected chi connectivity index (χ0v) is 23.3. The van der Waals surface area contributed by atoms with Gasteiger partial charge in [0.25, 0.3) is 0 Å².